The zero-order chi connectivity index (χ0) is 15.8. The van der Waals surface area contributed by atoms with Crippen molar-refractivity contribution in [1.82, 2.24) is 10.3 Å². The van der Waals surface area contributed by atoms with Gasteiger partial charge in [-0.1, -0.05) is 37.3 Å². The van der Waals surface area contributed by atoms with E-state index < -0.39 is 0 Å². The van der Waals surface area contributed by atoms with Crippen molar-refractivity contribution >= 4 is 17.7 Å². The van der Waals surface area contributed by atoms with Gasteiger partial charge in [0.2, 0.25) is 5.91 Å². The summed E-state index contributed by atoms with van der Waals surface area (Å²) in [7, 11) is 0. The van der Waals surface area contributed by atoms with Gasteiger partial charge in [-0.15, -0.1) is 11.8 Å². The smallest absolute Gasteiger partial charge is 0.230 e. The number of nitrogens with one attached hydrogen (secondary N) is 1. The molecule has 0 saturated carbocycles. The zero-order valence-electron chi connectivity index (χ0n) is 13.1. The fraction of sp³-hybridized carbons (Fsp3) is 0.333. The standard InChI is InChI=1S/C18H22N2OS/c1-3-17(15-9-6-10-19-11-15)20-18(21)13-22-12-16-8-5-4-7-14(16)2/h4-11,17H,3,12-13H2,1-2H3,(H,20,21)/t17-/m0/s1. The van der Waals surface area contributed by atoms with Crippen molar-refractivity contribution in [3.05, 3.63) is 65.5 Å². The summed E-state index contributed by atoms with van der Waals surface area (Å²) in [6.07, 6.45) is 4.42. The second-order valence-electron chi connectivity index (χ2n) is 5.23. The van der Waals surface area contributed by atoms with Gasteiger partial charge >= 0.3 is 0 Å². The Kier molecular flexibility index (Phi) is 6.46. The van der Waals surface area contributed by atoms with Crippen molar-refractivity contribution < 1.29 is 4.79 Å². The van der Waals surface area contributed by atoms with Crippen molar-refractivity contribution in [3.63, 3.8) is 0 Å². The van der Waals surface area contributed by atoms with E-state index in [4.69, 9.17) is 0 Å². The second-order valence-corrected chi connectivity index (χ2v) is 6.22. The summed E-state index contributed by atoms with van der Waals surface area (Å²) in [6, 6.07) is 12.2. The fourth-order valence-electron chi connectivity index (χ4n) is 2.26. The second kappa shape index (κ2) is 8.59. The molecule has 0 aliphatic heterocycles. The molecule has 3 nitrogen and oxygen atoms in total. The molecule has 0 bridgehead atoms. The lowest BCUT2D eigenvalue weighted by Gasteiger charge is -2.17. The highest BCUT2D eigenvalue weighted by Gasteiger charge is 2.12. The van der Waals surface area contributed by atoms with Crippen molar-refractivity contribution in [2.75, 3.05) is 5.75 Å². The monoisotopic (exact) mass is 314 g/mol. The third-order valence-corrected chi connectivity index (χ3v) is 4.56. The van der Waals surface area contributed by atoms with Crippen LogP contribution < -0.4 is 5.32 Å². The molecule has 1 aromatic heterocycles. The number of aromatic nitrogens is 1. The third-order valence-electron chi connectivity index (χ3n) is 3.58. The van der Waals surface area contributed by atoms with Crippen molar-refractivity contribution in [2.24, 2.45) is 0 Å². The van der Waals surface area contributed by atoms with Gasteiger partial charge in [-0.05, 0) is 36.1 Å². The minimum atomic E-state index is 0.0419. The minimum absolute atomic E-state index is 0.0419. The molecule has 0 aliphatic rings. The zero-order valence-corrected chi connectivity index (χ0v) is 13.9. The van der Waals surface area contributed by atoms with Crippen LogP contribution in [0, 0.1) is 6.92 Å². The van der Waals surface area contributed by atoms with Gasteiger partial charge in [0.05, 0.1) is 11.8 Å². The number of hydrogen-bond acceptors (Lipinski definition) is 3. The third kappa shape index (κ3) is 4.88. The van der Waals surface area contributed by atoms with Crippen LogP contribution in [0.15, 0.2) is 48.8 Å². The van der Waals surface area contributed by atoms with Crippen molar-refractivity contribution in [1.29, 1.82) is 0 Å². The molecule has 1 heterocycles. The Labute approximate surface area is 136 Å². The lowest BCUT2D eigenvalue weighted by Crippen LogP contribution is -2.29. The molecule has 0 fully saturated rings. The molecule has 1 N–H and O–H groups in total. The lowest BCUT2D eigenvalue weighted by atomic mass is 10.1. The van der Waals surface area contributed by atoms with Crippen LogP contribution in [0.3, 0.4) is 0 Å². The van der Waals surface area contributed by atoms with Gasteiger partial charge in [-0.2, -0.15) is 0 Å². The van der Waals surface area contributed by atoms with Gasteiger partial charge < -0.3 is 5.32 Å². The predicted molar refractivity (Wildman–Crippen MR) is 92.8 cm³/mol. The summed E-state index contributed by atoms with van der Waals surface area (Å²) in [5.41, 5.74) is 3.62. The van der Waals surface area contributed by atoms with Crippen LogP contribution in [0.2, 0.25) is 0 Å². The Bertz CT molecular complexity index is 601. The maximum Gasteiger partial charge on any atom is 0.230 e. The molecule has 22 heavy (non-hydrogen) atoms. The number of nitrogens with zero attached hydrogens (tertiary/aromatic N) is 1. The molecule has 0 aliphatic carbocycles. The molecule has 0 spiro atoms. The van der Waals surface area contributed by atoms with E-state index in [2.05, 4.69) is 36.3 Å². The van der Waals surface area contributed by atoms with Crippen LogP contribution in [0.5, 0.6) is 0 Å². The number of carbonyl (C=O) groups is 1. The molecule has 0 radical (unpaired) electrons. The number of aryl methyl sites for hydroxylation is 1. The van der Waals surface area contributed by atoms with Crippen LogP contribution in [0.25, 0.3) is 0 Å². The average molecular weight is 314 g/mol. The maximum absolute atomic E-state index is 12.1. The van der Waals surface area contributed by atoms with E-state index in [0.29, 0.717) is 5.75 Å². The number of benzene rings is 1. The largest absolute Gasteiger partial charge is 0.349 e. The number of rotatable bonds is 7. The Morgan fingerprint density at radius 3 is 2.77 bits per heavy atom. The van der Waals surface area contributed by atoms with E-state index >= 15 is 0 Å². The van der Waals surface area contributed by atoms with Crippen molar-refractivity contribution in [2.45, 2.75) is 32.1 Å². The first-order valence-corrected chi connectivity index (χ1v) is 8.67. The quantitative estimate of drug-likeness (QED) is 0.843. The Morgan fingerprint density at radius 2 is 2.09 bits per heavy atom. The van der Waals surface area contributed by atoms with Crippen LogP contribution in [-0.4, -0.2) is 16.6 Å². The summed E-state index contributed by atoms with van der Waals surface area (Å²) in [6.45, 7) is 4.17. The first kappa shape index (κ1) is 16.6. The van der Waals surface area contributed by atoms with E-state index in [1.165, 1.54) is 11.1 Å². The highest BCUT2D eigenvalue weighted by molar-refractivity contribution is 7.99. The molecule has 116 valence electrons. The van der Waals surface area contributed by atoms with Crippen LogP contribution in [0.4, 0.5) is 0 Å². The topological polar surface area (TPSA) is 42.0 Å². The van der Waals surface area contributed by atoms with Crippen LogP contribution in [-0.2, 0) is 10.5 Å². The molecular formula is C18H22N2OS. The molecule has 0 saturated heterocycles. The molecular weight excluding hydrogens is 292 g/mol. The molecule has 1 atom stereocenters. The van der Waals surface area contributed by atoms with Gasteiger partial charge in [0.1, 0.15) is 0 Å². The molecule has 4 heteroatoms. The summed E-state index contributed by atoms with van der Waals surface area (Å²) in [5, 5.41) is 3.08. The molecule has 2 rings (SSSR count). The van der Waals surface area contributed by atoms with Crippen molar-refractivity contribution in [3.8, 4) is 0 Å². The maximum atomic E-state index is 12.1. The van der Waals surface area contributed by atoms with Gasteiger partial charge in [-0.25, -0.2) is 0 Å². The Morgan fingerprint density at radius 1 is 1.27 bits per heavy atom. The fourth-order valence-corrected chi connectivity index (χ4v) is 3.18. The van der Waals surface area contributed by atoms with Gasteiger partial charge in [0, 0.05) is 18.1 Å². The molecule has 2 aromatic rings. The molecule has 1 aromatic carbocycles. The normalized spacial score (nSPS) is 11.9. The van der Waals surface area contributed by atoms with E-state index in [9.17, 15) is 4.79 Å². The molecule has 0 unspecified atom stereocenters. The average Bonchev–Trinajstić information content (AvgIpc) is 2.55. The van der Waals surface area contributed by atoms with Gasteiger partial charge in [0.15, 0.2) is 0 Å². The SMILES string of the molecule is CC[C@H](NC(=O)CSCc1ccccc1C)c1cccnc1. The Hall–Kier alpha value is -1.81. The summed E-state index contributed by atoms with van der Waals surface area (Å²) >= 11 is 1.65. The van der Waals surface area contributed by atoms with E-state index in [-0.39, 0.29) is 11.9 Å². The number of pyridine rings is 1. The highest BCUT2D eigenvalue weighted by atomic mass is 32.2. The summed E-state index contributed by atoms with van der Waals surface area (Å²) < 4.78 is 0. The highest BCUT2D eigenvalue weighted by Crippen LogP contribution is 2.18. The number of hydrogen-bond donors (Lipinski definition) is 1. The first-order chi connectivity index (χ1) is 10.7. The Balaban J connectivity index is 1.81. The van der Waals surface area contributed by atoms with Gasteiger partial charge in [-0.3, -0.25) is 9.78 Å². The lowest BCUT2D eigenvalue weighted by molar-refractivity contribution is -0.119. The van der Waals surface area contributed by atoms with Gasteiger partial charge in [0.25, 0.3) is 0 Å². The minimum Gasteiger partial charge on any atom is -0.349 e. The summed E-state index contributed by atoms with van der Waals surface area (Å²) in [5.74, 6) is 1.42. The van der Waals surface area contributed by atoms with E-state index in [1.807, 2.05) is 30.5 Å². The van der Waals surface area contributed by atoms with E-state index in [0.717, 1.165) is 17.7 Å². The molecule has 1 amide bonds. The van der Waals surface area contributed by atoms with E-state index in [1.54, 1.807) is 18.0 Å². The summed E-state index contributed by atoms with van der Waals surface area (Å²) in [4.78, 5) is 16.2. The number of carbonyl (C=O) groups excluding carboxylic acids is 1. The number of amides is 1. The van der Waals surface area contributed by atoms with Crippen LogP contribution >= 0.6 is 11.8 Å². The van der Waals surface area contributed by atoms with Crippen LogP contribution in [0.1, 0.15) is 36.1 Å². The first-order valence-electron chi connectivity index (χ1n) is 7.52. The predicted octanol–water partition coefficient (Wildman–Crippen LogP) is 3.89. The number of thioether (sulfide) groups is 1.